The number of amides is 2. The third-order valence-corrected chi connectivity index (χ3v) is 6.36. The minimum absolute atomic E-state index is 0.396. The van der Waals surface area contributed by atoms with Gasteiger partial charge in [-0.2, -0.15) is 0 Å². The molecular formula is C27H27N5O2. The van der Waals surface area contributed by atoms with Crippen LogP contribution in [0.3, 0.4) is 0 Å². The van der Waals surface area contributed by atoms with Gasteiger partial charge in [-0.1, -0.05) is 18.2 Å². The highest BCUT2D eigenvalue weighted by atomic mass is 16.2. The predicted octanol–water partition coefficient (Wildman–Crippen LogP) is 3.41. The molecule has 172 valence electrons. The Labute approximate surface area is 198 Å². The maximum absolute atomic E-state index is 12.7. The van der Waals surface area contributed by atoms with Gasteiger partial charge in [-0.25, -0.2) is 0 Å². The third-order valence-electron chi connectivity index (χ3n) is 6.36. The van der Waals surface area contributed by atoms with E-state index >= 15 is 0 Å². The van der Waals surface area contributed by atoms with Crippen LogP contribution in [0.1, 0.15) is 15.9 Å². The number of hydrogen-bond acceptors (Lipinski definition) is 6. The summed E-state index contributed by atoms with van der Waals surface area (Å²) >= 11 is 0. The highest BCUT2D eigenvalue weighted by Crippen LogP contribution is 2.30. The normalized spacial score (nSPS) is 17.4. The maximum atomic E-state index is 12.7. The first-order valence-corrected chi connectivity index (χ1v) is 11.3. The van der Waals surface area contributed by atoms with Gasteiger partial charge in [0.15, 0.2) is 0 Å². The summed E-state index contributed by atoms with van der Waals surface area (Å²) in [6.45, 7) is 4.12. The van der Waals surface area contributed by atoms with Crippen LogP contribution < -0.4 is 21.3 Å². The lowest BCUT2D eigenvalue weighted by atomic mass is 9.91. The quantitative estimate of drug-likeness (QED) is 0.319. The van der Waals surface area contributed by atoms with Crippen LogP contribution in [-0.2, 0) is 4.79 Å². The summed E-state index contributed by atoms with van der Waals surface area (Å²) in [4.78, 5) is 29.8. The number of nitrogen functional groups attached to an aromatic ring is 1. The fraction of sp³-hybridized carbons (Fsp3) is 0.185. The van der Waals surface area contributed by atoms with Crippen molar-refractivity contribution in [1.82, 2.24) is 10.2 Å². The molecule has 0 radical (unpaired) electrons. The van der Waals surface area contributed by atoms with Crippen molar-refractivity contribution in [1.29, 1.82) is 0 Å². The van der Waals surface area contributed by atoms with E-state index < -0.39 is 11.8 Å². The Bertz CT molecular complexity index is 1270. The molecule has 1 fully saturated rings. The van der Waals surface area contributed by atoms with Gasteiger partial charge in [0.25, 0.3) is 11.8 Å². The lowest BCUT2D eigenvalue weighted by Gasteiger charge is -2.34. The largest absolute Gasteiger partial charge is 0.399 e. The predicted molar refractivity (Wildman–Crippen MR) is 137 cm³/mol. The van der Waals surface area contributed by atoms with Gasteiger partial charge in [-0.3, -0.25) is 14.9 Å². The monoisotopic (exact) mass is 453 g/mol. The molecule has 2 amide bonds. The molecular weight excluding hydrogens is 426 g/mol. The van der Waals surface area contributed by atoms with E-state index in [9.17, 15) is 9.59 Å². The van der Waals surface area contributed by atoms with Crippen molar-refractivity contribution in [3.63, 3.8) is 0 Å². The Hall–Kier alpha value is -4.10. The van der Waals surface area contributed by atoms with Crippen molar-refractivity contribution < 1.29 is 9.59 Å². The molecule has 0 bridgehead atoms. The standard InChI is InChI=1S/C27H27N5O2/c1-31-11-13-32(14-12-31)22-8-6-21(7-9-22)29-17-25-24-16-19(18-3-2-4-20(28)15-18)5-10-23(24)26(33)30-27(25)34/h2-10,15-17,29H,11-14,28H2,1H3,(H,30,33,34)/b25-17-. The summed E-state index contributed by atoms with van der Waals surface area (Å²) in [5, 5.41) is 5.65. The summed E-state index contributed by atoms with van der Waals surface area (Å²) in [7, 11) is 2.14. The number of nitrogens with two attached hydrogens (primary N) is 1. The van der Waals surface area contributed by atoms with E-state index in [1.165, 1.54) is 5.69 Å². The number of anilines is 3. The van der Waals surface area contributed by atoms with Crippen LogP contribution in [0.5, 0.6) is 0 Å². The molecule has 4 N–H and O–H groups in total. The lowest BCUT2D eigenvalue weighted by molar-refractivity contribution is -0.114. The average molecular weight is 454 g/mol. The van der Waals surface area contributed by atoms with E-state index in [4.69, 9.17) is 5.73 Å². The zero-order chi connectivity index (χ0) is 23.7. The maximum Gasteiger partial charge on any atom is 0.260 e. The number of likely N-dealkylation sites (N-methyl/N-ethyl adjacent to an activating group) is 1. The van der Waals surface area contributed by atoms with Crippen molar-refractivity contribution in [3.8, 4) is 11.1 Å². The Morgan fingerprint density at radius 2 is 1.59 bits per heavy atom. The summed E-state index contributed by atoms with van der Waals surface area (Å²) in [5.74, 6) is -0.823. The van der Waals surface area contributed by atoms with Gasteiger partial charge >= 0.3 is 0 Å². The molecule has 1 saturated heterocycles. The molecule has 7 heteroatoms. The molecule has 3 aromatic rings. The first-order chi connectivity index (χ1) is 16.5. The van der Waals surface area contributed by atoms with Crippen LogP contribution in [0, 0.1) is 0 Å². The Kier molecular flexibility index (Phi) is 5.77. The molecule has 7 nitrogen and oxygen atoms in total. The number of nitrogens with one attached hydrogen (secondary N) is 2. The number of imide groups is 1. The van der Waals surface area contributed by atoms with Crippen molar-refractivity contribution in [2.75, 3.05) is 49.2 Å². The van der Waals surface area contributed by atoms with Crippen LogP contribution in [-0.4, -0.2) is 49.9 Å². The topological polar surface area (TPSA) is 90.7 Å². The number of benzene rings is 3. The van der Waals surface area contributed by atoms with Crippen LogP contribution in [0.4, 0.5) is 17.1 Å². The molecule has 0 aliphatic carbocycles. The second kappa shape index (κ2) is 9.03. The number of carbonyl (C=O) groups is 2. The number of nitrogens with zero attached hydrogens (tertiary/aromatic N) is 2. The highest BCUT2D eigenvalue weighted by Gasteiger charge is 2.27. The first-order valence-electron chi connectivity index (χ1n) is 11.3. The van der Waals surface area contributed by atoms with E-state index in [1.54, 1.807) is 12.3 Å². The van der Waals surface area contributed by atoms with Gasteiger partial charge in [0.2, 0.25) is 0 Å². The molecule has 0 aromatic heterocycles. The van der Waals surface area contributed by atoms with E-state index in [1.807, 2.05) is 48.5 Å². The van der Waals surface area contributed by atoms with Gasteiger partial charge in [-0.15, -0.1) is 0 Å². The number of piperazine rings is 1. The number of fused-ring (bicyclic) bond motifs is 1. The van der Waals surface area contributed by atoms with Gasteiger partial charge < -0.3 is 20.9 Å². The van der Waals surface area contributed by atoms with Gasteiger partial charge in [0, 0.05) is 60.6 Å². The van der Waals surface area contributed by atoms with Crippen molar-refractivity contribution >= 4 is 34.4 Å². The van der Waals surface area contributed by atoms with Crippen LogP contribution in [0.25, 0.3) is 16.7 Å². The number of carbonyl (C=O) groups excluding carboxylic acids is 2. The Balaban J connectivity index is 1.41. The average Bonchev–Trinajstić information content (AvgIpc) is 2.84. The van der Waals surface area contributed by atoms with Gasteiger partial charge in [0.1, 0.15) is 0 Å². The van der Waals surface area contributed by atoms with E-state index in [-0.39, 0.29) is 0 Å². The zero-order valence-corrected chi connectivity index (χ0v) is 19.0. The van der Waals surface area contributed by atoms with Gasteiger partial charge in [0.05, 0.1) is 5.57 Å². The van der Waals surface area contributed by atoms with E-state index in [0.29, 0.717) is 22.4 Å². The Morgan fingerprint density at radius 1 is 0.853 bits per heavy atom. The minimum atomic E-state index is -0.427. The molecule has 2 aliphatic heterocycles. The molecule has 0 atom stereocenters. The van der Waals surface area contributed by atoms with Crippen LogP contribution >= 0.6 is 0 Å². The molecule has 2 aliphatic rings. The fourth-order valence-electron chi connectivity index (χ4n) is 4.35. The zero-order valence-electron chi connectivity index (χ0n) is 19.0. The summed E-state index contributed by atoms with van der Waals surface area (Å²) < 4.78 is 0. The number of rotatable bonds is 4. The third kappa shape index (κ3) is 4.38. The SMILES string of the molecule is CN1CCN(c2ccc(N/C=C3\C(=O)NC(=O)c4ccc(-c5cccc(N)c5)cc43)cc2)CC1. The van der Waals surface area contributed by atoms with Crippen molar-refractivity contribution in [2.24, 2.45) is 0 Å². The minimum Gasteiger partial charge on any atom is -0.399 e. The fourth-order valence-corrected chi connectivity index (χ4v) is 4.35. The second-order valence-corrected chi connectivity index (χ2v) is 8.71. The first kappa shape index (κ1) is 21.7. The molecule has 5 rings (SSSR count). The summed E-state index contributed by atoms with van der Waals surface area (Å²) in [6, 6.07) is 21.2. The van der Waals surface area contributed by atoms with Crippen LogP contribution in [0.2, 0.25) is 0 Å². The van der Waals surface area contributed by atoms with E-state index in [0.717, 1.165) is 43.0 Å². The van der Waals surface area contributed by atoms with Gasteiger partial charge in [-0.05, 0) is 66.7 Å². The molecule has 0 unspecified atom stereocenters. The molecule has 0 saturated carbocycles. The molecule has 3 aromatic carbocycles. The smallest absolute Gasteiger partial charge is 0.260 e. The second-order valence-electron chi connectivity index (χ2n) is 8.71. The Morgan fingerprint density at radius 3 is 2.32 bits per heavy atom. The molecule has 0 spiro atoms. The molecule has 34 heavy (non-hydrogen) atoms. The van der Waals surface area contributed by atoms with E-state index in [2.05, 4.69) is 39.6 Å². The summed E-state index contributed by atoms with van der Waals surface area (Å²) in [5.41, 5.74) is 11.9. The number of hydrogen-bond donors (Lipinski definition) is 3. The molecule has 2 heterocycles. The van der Waals surface area contributed by atoms with Crippen molar-refractivity contribution in [3.05, 3.63) is 84.1 Å². The summed E-state index contributed by atoms with van der Waals surface area (Å²) in [6.07, 6.45) is 1.66. The van der Waals surface area contributed by atoms with Crippen molar-refractivity contribution in [2.45, 2.75) is 0 Å². The lowest BCUT2D eigenvalue weighted by Crippen LogP contribution is -2.44. The highest BCUT2D eigenvalue weighted by molar-refractivity contribution is 6.31. The van der Waals surface area contributed by atoms with Crippen LogP contribution in [0.15, 0.2) is 72.9 Å².